The lowest BCUT2D eigenvalue weighted by atomic mass is 10.1. The highest BCUT2D eigenvalue weighted by Gasteiger charge is 2.17. The van der Waals surface area contributed by atoms with Crippen LogP contribution in [0.25, 0.3) is 0 Å². The van der Waals surface area contributed by atoms with Crippen LogP contribution in [0.3, 0.4) is 0 Å². The first kappa shape index (κ1) is 15.5. The Hall–Kier alpha value is -2.86. The number of hydrogen-bond donors (Lipinski definition) is 3. The van der Waals surface area contributed by atoms with E-state index in [4.69, 9.17) is 11.6 Å². The molecule has 0 aliphatic heterocycles. The number of nitrogens with one attached hydrogen (secondary N) is 1. The molecule has 0 atom stereocenters. The summed E-state index contributed by atoms with van der Waals surface area (Å²) in [5, 5.41) is 3.56. The minimum atomic E-state index is -0.493. The molecule has 0 saturated heterocycles. The van der Waals surface area contributed by atoms with Gasteiger partial charge in [-0.3, -0.25) is 14.6 Å². The van der Waals surface area contributed by atoms with Crippen LogP contribution in [-0.2, 0) is 11.3 Å². The minimum Gasteiger partial charge on any atom is -0.398 e. The van der Waals surface area contributed by atoms with Gasteiger partial charge in [0, 0.05) is 12.2 Å². The van der Waals surface area contributed by atoms with Gasteiger partial charge in [0.05, 0.1) is 5.56 Å². The number of nitrogens with two attached hydrogens (primary N) is 2. The molecular weight excluding hydrogens is 280 g/mol. The fraction of sp³-hybridized carbons (Fsp3) is 0.125. The van der Waals surface area contributed by atoms with E-state index >= 15 is 0 Å². The lowest BCUT2D eigenvalue weighted by Gasteiger charge is -2.17. The Morgan fingerprint density at radius 3 is 2.32 bits per heavy atom. The molecule has 2 aromatic carbocycles. The summed E-state index contributed by atoms with van der Waals surface area (Å²) in [5.41, 5.74) is 7.30. The van der Waals surface area contributed by atoms with Crippen molar-refractivity contribution in [3.8, 4) is 0 Å². The monoisotopic (exact) mass is 298 g/mol. The largest absolute Gasteiger partial charge is 0.398 e. The maximum absolute atomic E-state index is 12.1. The summed E-state index contributed by atoms with van der Waals surface area (Å²) in [6, 6.07) is 16.1. The van der Waals surface area contributed by atoms with Gasteiger partial charge in [0.15, 0.2) is 0 Å². The number of nitrogen functional groups attached to an aromatic ring is 1. The summed E-state index contributed by atoms with van der Waals surface area (Å²) in [6.45, 7) is 0.148. The summed E-state index contributed by atoms with van der Waals surface area (Å²) in [7, 11) is 0. The van der Waals surface area contributed by atoms with Gasteiger partial charge >= 0.3 is 0 Å². The van der Waals surface area contributed by atoms with Crippen LogP contribution in [0.2, 0.25) is 0 Å². The number of carbonyl (C=O) groups is 2. The van der Waals surface area contributed by atoms with Crippen LogP contribution >= 0.6 is 0 Å². The zero-order valence-electron chi connectivity index (χ0n) is 12.0. The van der Waals surface area contributed by atoms with Crippen LogP contribution in [0.5, 0.6) is 0 Å². The van der Waals surface area contributed by atoms with Gasteiger partial charge in [0.2, 0.25) is 5.91 Å². The van der Waals surface area contributed by atoms with E-state index in [-0.39, 0.29) is 18.0 Å². The number of rotatable bonds is 5. The van der Waals surface area contributed by atoms with Crippen molar-refractivity contribution in [1.29, 1.82) is 0 Å². The molecule has 0 radical (unpaired) electrons. The summed E-state index contributed by atoms with van der Waals surface area (Å²) in [4.78, 5) is 23.9. The highest BCUT2D eigenvalue weighted by Crippen LogP contribution is 2.11. The van der Waals surface area contributed by atoms with Crippen molar-refractivity contribution in [3.05, 3.63) is 65.7 Å². The molecule has 0 fully saturated rings. The van der Waals surface area contributed by atoms with Gasteiger partial charge in [0.25, 0.3) is 5.91 Å². The van der Waals surface area contributed by atoms with E-state index < -0.39 is 5.91 Å². The molecule has 2 rings (SSSR count). The Labute approximate surface area is 128 Å². The third-order valence-corrected chi connectivity index (χ3v) is 3.10. The molecule has 0 aliphatic rings. The summed E-state index contributed by atoms with van der Waals surface area (Å²) >= 11 is 0. The van der Waals surface area contributed by atoms with Crippen LogP contribution < -0.4 is 16.9 Å². The van der Waals surface area contributed by atoms with E-state index in [2.05, 4.69) is 5.32 Å². The maximum atomic E-state index is 12.1. The predicted molar refractivity (Wildman–Crippen MR) is 84.4 cm³/mol. The minimum absolute atomic E-state index is 0.236. The number of para-hydroxylation sites is 1. The summed E-state index contributed by atoms with van der Waals surface area (Å²) in [5.74, 6) is 4.82. The van der Waals surface area contributed by atoms with Gasteiger partial charge < -0.3 is 11.1 Å². The van der Waals surface area contributed by atoms with Crippen molar-refractivity contribution >= 4 is 17.5 Å². The molecule has 0 spiro atoms. The lowest BCUT2D eigenvalue weighted by molar-refractivity contribution is -0.122. The van der Waals surface area contributed by atoms with Gasteiger partial charge in [-0.15, -0.1) is 0 Å². The standard InChI is InChI=1S/C16H18N4O2/c17-14-9-5-4-8-13(14)16(22)20(18)11-15(21)19-10-12-6-2-1-3-7-12/h1-9H,10-11,17-18H2,(H,19,21). The molecule has 0 unspecified atom stereocenters. The van der Waals surface area contributed by atoms with Crippen LogP contribution in [0, 0.1) is 0 Å². The molecular formula is C16H18N4O2. The van der Waals surface area contributed by atoms with E-state index in [1.54, 1.807) is 24.3 Å². The molecule has 6 heteroatoms. The van der Waals surface area contributed by atoms with Crippen LogP contribution in [0.1, 0.15) is 15.9 Å². The second kappa shape index (κ2) is 7.24. The van der Waals surface area contributed by atoms with Crippen molar-refractivity contribution in [2.45, 2.75) is 6.54 Å². The zero-order valence-corrected chi connectivity index (χ0v) is 12.0. The van der Waals surface area contributed by atoms with E-state index in [9.17, 15) is 9.59 Å². The van der Waals surface area contributed by atoms with Crippen molar-refractivity contribution in [3.63, 3.8) is 0 Å². The third-order valence-electron chi connectivity index (χ3n) is 3.10. The van der Waals surface area contributed by atoms with Gasteiger partial charge in [-0.2, -0.15) is 0 Å². The molecule has 114 valence electrons. The molecule has 22 heavy (non-hydrogen) atoms. The number of hydrazine groups is 1. The molecule has 0 bridgehead atoms. The average Bonchev–Trinajstić information content (AvgIpc) is 2.53. The number of anilines is 1. The van der Waals surface area contributed by atoms with Crippen LogP contribution in [0.4, 0.5) is 5.69 Å². The quantitative estimate of drug-likeness (QED) is 0.330. The fourth-order valence-corrected chi connectivity index (χ4v) is 1.93. The molecule has 5 N–H and O–H groups in total. The second-order valence-corrected chi connectivity index (χ2v) is 4.78. The molecule has 2 amide bonds. The van der Waals surface area contributed by atoms with Gasteiger partial charge in [-0.1, -0.05) is 42.5 Å². The lowest BCUT2D eigenvalue weighted by Crippen LogP contribution is -2.44. The first-order valence-electron chi connectivity index (χ1n) is 6.79. The fourth-order valence-electron chi connectivity index (χ4n) is 1.93. The van der Waals surface area contributed by atoms with Crippen LogP contribution in [0.15, 0.2) is 54.6 Å². The molecule has 0 heterocycles. The van der Waals surface area contributed by atoms with Crippen molar-refractivity contribution in [2.24, 2.45) is 5.84 Å². The number of nitrogens with zero attached hydrogens (tertiary/aromatic N) is 1. The topological polar surface area (TPSA) is 101 Å². The third kappa shape index (κ3) is 4.07. The Bertz CT molecular complexity index is 658. The number of benzene rings is 2. The predicted octanol–water partition coefficient (Wildman–Crippen LogP) is 0.901. The molecule has 2 aromatic rings. The van der Waals surface area contributed by atoms with E-state index in [0.717, 1.165) is 10.6 Å². The Morgan fingerprint density at radius 2 is 1.64 bits per heavy atom. The molecule has 6 nitrogen and oxygen atoms in total. The molecule has 0 aromatic heterocycles. The first-order chi connectivity index (χ1) is 10.6. The molecule has 0 saturated carbocycles. The average molecular weight is 298 g/mol. The SMILES string of the molecule is Nc1ccccc1C(=O)N(N)CC(=O)NCc1ccccc1. The van der Waals surface area contributed by atoms with Crippen LogP contribution in [-0.4, -0.2) is 23.4 Å². The van der Waals surface area contributed by atoms with Gasteiger partial charge in [0.1, 0.15) is 6.54 Å². The smallest absolute Gasteiger partial charge is 0.270 e. The highest BCUT2D eigenvalue weighted by atomic mass is 16.2. The van der Waals surface area contributed by atoms with Crippen molar-refractivity contribution < 1.29 is 9.59 Å². The normalized spacial score (nSPS) is 10.0. The van der Waals surface area contributed by atoms with Crippen molar-refractivity contribution in [1.82, 2.24) is 10.3 Å². The summed E-state index contributed by atoms with van der Waals surface area (Å²) in [6.07, 6.45) is 0. The number of carbonyl (C=O) groups excluding carboxylic acids is 2. The summed E-state index contributed by atoms with van der Waals surface area (Å²) < 4.78 is 0. The van der Waals surface area contributed by atoms with Crippen molar-refractivity contribution in [2.75, 3.05) is 12.3 Å². The van der Waals surface area contributed by atoms with Gasteiger partial charge in [-0.25, -0.2) is 5.84 Å². The number of hydrogen-bond acceptors (Lipinski definition) is 4. The van der Waals surface area contributed by atoms with E-state index in [1.165, 1.54) is 0 Å². The first-order valence-corrected chi connectivity index (χ1v) is 6.79. The zero-order chi connectivity index (χ0) is 15.9. The Balaban J connectivity index is 1.88. The Kier molecular flexibility index (Phi) is 5.11. The maximum Gasteiger partial charge on any atom is 0.270 e. The number of amides is 2. The molecule has 0 aliphatic carbocycles. The van der Waals surface area contributed by atoms with Gasteiger partial charge in [-0.05, 0) is 17.7 Å². The second-order valence-electron chi connectivity index (χ2n) is 4.78. The van der Waals surface area contributed by atoms with E-state index in [1.807, 2.05) is 30.3 Å². The van der Waals surface area contributed by atoms with E-state index in [0.29, 0.717) is 12.2 Å². The highest BCUT2D eigenvalue weighted by molar-refractivity contribution is 6.00. The Morgan fingerprint density at radius 1 is 1.00 bits per heavy atom.